The molecule has 1 aliphatic rings. The summed E-state index contributed by atoms with van der Waals surface area (Å²) in [5, 5.41) is 2.66. The summed E-state index contributed by atoms with van der Waals surface area (Å²) in [5.41, 5.74) is 0. The molecule has 0 spiro atoms. The number of carbonyl (C=O) groups excluding carboxylic acids is 1. The van der Waals surface area contributed by atoms with Crippen LogP contribution in [0.25, 0.3) is 0 Å². The Hall–Kier alpha value is -0.660. The topological polar surface area (TPSA) is 75.7 Å². The molecule has 1 rings (SSSR count). The number of sulfonamides is 1. The Balaban J connectivity index is 2.25. The zero-order valence-electron chi connectivity index (χ0n) is 9.60. The molecule has 16 heavy (non-hydrogen) atoms. The van der Waals surface area contributed by atoms with Gasteiger partial charge in [0.1, 0.15) is 0 Å². The number of nitrogens with one attached hydrogen (secondary N) is 1. The largest absolute Gasteiger partial charge is 0.376 e. The Morgan fingerprint density at radius 2 is 2.25 bits per heavy atom. The van der Waals surface area contributed by atoms with Gasteiger partial charge in [-0.05, 0) is 12.8 Å². The van der Waals surface area contributed by atoms with E-state index in [-0.39, 0.29) is 18.6 Å². The second kappa shape index (κ2) is 5.60. The highest BCUT2D eigenvalue weighted by Crippen LogP contribution is 2.10. The van der Waals surface area contributed by atoms with E-state index in [2.05, 4.69) is 5.32 Å². The van der Waals surface area contributed by atoms with Crippen LogP contribution in [0.2, 0.25) is 0 Å². The lowest BCUT2D eigenvalue weighted by atomic mass is 10.2. The van der Waals surface area contributed by atoms with Crippen molar-refractivity contribution < 1.29 is 17.9 Å². The summed E-state index contributed by atoms with van der Waals surface area (Å²) in [6.07, 6.45) is 3.11. The fourth-order valence-corrected chi connectivity index (χ4v) is 1.76. The maximum Gasteiger partial charge on any atom is 0.235 e. The molecule has 1 fully saturated rings. The molecule has 0 radical (unpaired) electrons. The Kier molecular flexibility index (Phi) is 4.69. The third-order valence-corrected chi connectivity index (χ3v) is 3.74. The fraction of sp³-hybridized carbons (Fsp3) is 0.889. The van der Waals surface area contributed by atoms with Gasteiger partial charge in [-0.3, -0.25) is 4.79 Å². The highest BCUT2D eigenvalue weighted by atomic mass is 32.2. The smallest absolute Gasteiger partial charge is 0.235 e. The van der Waals surface area contributed by atoms with Gasteiger partial charge < -0.3 is 10.1 Å². The molecule has 1 aliphatic heterocycles. The van der Waals surface area contributed by atoms with Crippen LogP contribution in [0.1, 0.15) is 12.8 Å². The van der Waals surface area contributed by atoms with Crippen LogP contribution in [0, 0.1) is 0 Å². The SMILES string of the molecule is CN(CC(=O)NCC1CCCO1)S(C)(=O)=O. The van der Waals surface area contributed by atoms with Crippen LogP contribution in [-0.4, -0.2) is 57.7 Å². The van der Waals surface area contributed by atoms with Gasteiger partial charge >= 0.3 is 0 Å². The van der Waals surface area contributed by atoms with Crippen LogP contribution < -0.4 is 5.32 Å². The van der Waals surface area contributed by atoms with Gasteiger partial charge in [-0.2, -0.15) is 4.31 Å². The summed E-state index contributed by atoms with van der Waals surface area (Å²) in [6, 6.07) is 0. The zero-order valence-corrected chi connectivity index (χ0v) is 10.4. The van der Waals surface area contributed by atoms with E-state index in [4.69, 9.17) is 4.74 Å². The summed E-state index contributed by atoms with van der Waals surface area (Å²) in [4.78, 5) is 11.4. The Labute approximate surface area is 96.0 Å². The monoisotopic (exact) mass is 250 g/mol. The first kappa shape index (κ1) is 13.4. The van der Waals surface area contributed by atoms with Gasteiger partial charge in [-0.1, -0.05) is 0 Å². The lowest BCUT2D eigenvalue weighted by Crippen LogP contribution is -2.40. The standard InChI is InChI=1S/C9H18N2O4S/c1-11(16(2,13)14)7-9(12)10-6-8-4-3-5-15-8/h8H,3-7H2,1-2H3,(H,10,12). The lowest BCUT2D eigenvalue weighted by Gasteiger charge is -2.15. The molecule has 1 saturated heterocycles. The Bertz CT molecular complexity index is 335. The van der Waals surface area contributed by atoms with E-state index in [1.165, 1.54) is 7.05 Å². The summed E-state index contributed by atoms with van der Waals surface area (Å²) < 4.78 is 28.4. The molecule has 1 atom stereocenters. The molecule has 6 nitrogen and oxygen atoms in total. The first-order chi connectivity index (χ1) is 7.39. The van der Waals surface area contributed by atoms with Crippen LogP contribution in [0.15, 0.2) is 0 Å². The maximum atomic E-state index is 11.4. The highest BCUT2D eigenvalue weighted by Gasteiger charge is 2.18. The molecule has 0 aliphatic carbocycles. The van der Waals surface area contributed by atoms with E-state index in [0.717, 1.165) is 30.0 Å². The van der Waals surface area contributed by atoms with Crippen molar-refractivity contribution in [1.29, 1.82) is 0 Å². The number of nitrogens with zero attached hydrogens (tertiary/aromatic N) is 1. The number of hydrogen-bond acceptors (Lipinski definition) is 4. The van der Waals surface area contributed by atoms with E-state index in [9.17, 15) is 13.2 Å². The van der Waals surface area contributed by atoms with Gasteiger partial charge in [0, 0.05) is 20.2 Å². The van der Waals surface area contributed by atoms with Crippen LogP contribution in [0.4, 0.5) is 0 Å². The third-order valence-electron chi connectivity index (χ3n) is 2.48. The van der Waals surface area contributed by atoms with Gasteiger partial charge in [0.25, 0.3) is 0 Å². The summed E-state index contributed by atoms with van der Waals surface area (Å²) in [6.45, 7) is 1.05. The number of likely N-dealkylation sites (N-methyl/N-ethyl adjacent to an activating group) is 1. The summed E-state index contributed by atoms with van der Waals surface area (Å²) in [5.74, 6) is -0.302. The molecule has 1 heterocycles. The number of ether oxygens (including phenoxy) is 1. The van der Waals surface area contributed by atoms with Crippen molar-refractivity contribution in [2.24, 2.45) is 0 Å². The predicted molar refractivity (Wildman–Crippen MR) is 59.5 cm³/mol. The zero-order chi connectivity index (χ0) is 12.2. The van der Waals surface area contributed by atoms with Crippen LogP contribution in [0.3, 0.4) is 0 Å². The number of carbonyl (C=O) groups is 1. The van der Waals surface area contributed by atoms with Gasteiger partial charge in [0.05, 0.1) is 18.9 Å². The van der Waals surface area contributed by atoms with E-state index in [1.54, 1.807) is 0 Å². The van der Waals surface area contributed by atoms with Gasteiger partial charge in [-0.25, -0.2) is 8.42 Å². The molecular formula is C9H18N2O4S. The minimum atomic E-state index is -3.29. The molecular weight excluding hydrogens is 232 g/mol. The Morgan fingerprint density at radius 3 is 2.75 bits per heavy atom. The first-order valence-electron chi connectivity index (χ1n) is 5.19. The number of hydrogen-bond donors (Lipinski definition) is 1. The number of amides is 1. The lowest BCUT2D eigenvalue weighted by molar-refractivity contribution is -0.121. The van der Waals surface area contributed by atoms with Crippen molar-refractivity contribution in [3.05, 3.63) is 0 Å². The van der Waals surface area contributed by atoms with Gasteiger partial charge in [0.15, 0.2) is 0 Å². The molecule has 0 saturated carbocycles. The Morgan fingerprint density at radius 1 is 1.56 bits per heavy atom. The van der Waals surface area contributed by atoms with Crippen molar-refractivity contribution in [3.8, 4) is 0 Å². The van der Waals surface area contributed by atoms with Crippen LogP contribution >= 0.6 is 0 Å². The molecule has 7 heteroatoms. The minimum absolute atomic E-state index is 0.0764. The molecule has 1 unspecified atom stereocenters. The van der Waals surface area contributed by atoms with E-state index >= 15 is 0 Å². The summed E-state index contributed by atoms with van der Waals surface area (Å²) in [7, 11) is -1.92. The fourth-order valence-electron chi connectivity index (χ4n) is 1.41. The first-order valence-corrected chi connectivity index (χ1v) is 7.04. The van der Waals surface area contributed by atoms with Gasteiger partial charge in [-0.15, -0.1) is 0 Å². The van der Waals surface area contributed by atoms with Crippen molar-refractivity contribution in [2.45, 2.75) is 18.9 Å². The molecule has 0 aromatic rings. The molecule has 1 amide bonds. The molecule has 0 bridgehead atoms. The summed E-state index contributed by atoms with van der Waals surface area (Å²) >= 11 is 0. The molecule has 94 valence electrons. The highest BCUT2D eigenvalue weighted by molar-refractivity contribution is 7.88. The predicted octanol–water partition coefficient (Wildman–Crippen LogP) is -0.827. The maximum absolute atomic E-state index is 11.4. The normalized spacial score (nSPS) is 21.3. The van der Waals surface area contributed by atoms with E-state index in [0.29, 0.717) is 6.54 Å². The van der Waals surface area contributed by atoms with Crippen molar-refractivity contribution in [1.82, 2.24) is 9.62 Å². The molecule has 1 N–H and O–H groups in total. The molecule has 0 aromatic carbocycles. The van der Waals surface area contributed by atoms with Crippen molar-refractivity contribution in [3.63, 3.8) is 0 Å². The second-order valence-electron chi connectivity index (χ2n) is 3.96. The van der Waals surface area contributed by atoms with Crippen molar-refractivity contribution in [2.75, 3.05) is 33.0 Å². The molecule has 0 aromatic heterocycles. The average molecular weight is 250 g/mol. The second-order valence-corrected chi connectivity index (χ2v) is 6.05. The van der Waals surface area contributed by atoms with Gasteiger partial charge in [0.2, 0.25) is 15.9 Å². The van der Waals surface area contributed by atoms with Crippen LogP contribution in [-0.2, 0) is 19.6 Å². The van der Waals surface area contributed by atoms with Crippen LogP contribution in [0.5, 0.6) is 0 Å². The quantitative estimate of drug-likeness (QED) is 0.691. The minimum Gasteiger partial charge on any atom is -0.376 e. The van der Waals surface area contributed by atoms with E-state index < -0.39 is 10.0 Å². The average Bonchev–Trinajstić information content (AvgIpc) is 2.65. The van der Waals surface area contributed by atoms with E-state index in [1.807, 2.05) is 0 Å². The third kappa shape index (κ3) is 4.46. The number of rotatable bonds is 5. The van der Waals surface area contributed by atoms with Crippen molar-refractivity contribution >= 4 is 15.9 Å².